The minimum absolute atomic E-state index is 0.206. The van der Waals surface area contributed by atoms with Crippen molar-refractivity contribution in [1.82, 2.24) is 0 Å². The van der Waals surface area contributed by atoms with Crippen molar-refractivity contribution in [3.63, 3.8) is 0 Å². The normalized spacial score (nSPS) is 11.0. The Morgan fingerprint density at radius 2 is 1.10 bits per heavy atom. The van der Waals surface area contributed by atoms with Crippen molar-refractivity contribution < 1.29 is 19.1 Å². The Balaban J connectivity index is 2.26. The van der Waals surface area contributed by atoms with E-state index in [1.165, 1.54) is 103 Å². The zero-order chi connectivity index (χ0) is 29.8. The van der Waals surface area contributed by atoms with Gasteiger partial charge in [-0.05, 0) is 36.3 Å². The number of anilines is 1. The maximum absolute atomic E-state index is 12.5. The van der Waals surface area contributed by atoms with Crippen LogP contribution in [0.5, 0.6) is 0 Å². The minimum atomic E-state index is -0.431. The van der Waals surface area contributed by atoms with E-state index in [-0.39, 0.29) is 12.4 Å². The number of carbonyl (C=O) groups is 2. The van der Waals surface area contributed by atoms with Crippen molar-refractivity contribution in [2.45, 2.75) is 161 Å². The molecule has 1 N–H and O–H groups in total. The van der Waals surface area contributed by atoms with Crippen LogP contribution in [-0.4, -0.2) is 31.0 Å². The summed E-state index contributed by atoms with van der Waals surface area (Å²) in [5.41, 5.74) is 1.54. The monoisotopic (exact) mass is 591 g/mol. The third-order valence-corrected chi connectivity index (χ3v) is 8.38. The predicted octanol–water partition coefficient (Wildman–Crippen LogP) is 11.3. The Kier molecular flexibility index (Phi) is 24.7. The Hall–Kier alpha value is -1.69. The molecule has 0 radical (unpaired) electrons. The first-order chi connectivity index (χ1) is 20.1. The van der Waals surface area contributed by atoms with Crippen molar-refractivity contribution in [2.24, 2.45) is 0 Å². The number of ether oxygens (including phenoxy) is 2. The van der Waals surface area contributed by atoms with Gasteiger partial charge in [-0.3, -0.25) is 10.1 Å². The largest absolute Gasteiger partial charge is 0.465 e. The lowest BCUT2D eigenvalue weighted by atomic mass is 10.1. The van der Waals surface area contributed by atoms with Gasteiger partial charge in [-0.1, -0.05) is 142 Å². The fourth-order valence-electron chi connectivity index (χ4n) is 4.96. The summed E-state index contributed by atoms with van der Waals surface area (Å²) < 4.78 is 10.9. The minimum Gasteiger partial charge on any atom is -0.465 e. The van der Waals surface area contributed by atoms with Gasteiger partial charge in [-0.2, -0.15) is 0 Å². The molecule has 0 bridgehead atoms. The van der Waals surface area contributed by atoms with E-state index in [0.29, 0.717) is 18.9 Å². The highest BCUT2D eigenvalue weighted by atomic mass is 32.2. The number of rotatable bonds is 27. The average molecular weight is 592 g/mol. The van der Waals surface area contributed by atoms with Crippen molar-refractivity contribution in [3.05, 3.63) is 23.8 Å². The van der Waals surface area contributed by atoms with Crippen molar-refractivity contribution >= 4 is 29.5 Å². The van der Waals surface area contributed by atoms with Crippen LogP contribution in [-0.2, 0) is 20.7 Å². The molecule has 0 aromatic heterocycles. The second-order valence-electron chi connectivity index (χ2n) is 11.3. The third kappa shape index (κ3) is 21.6. The number of hydrogen-bond acceptors (Lipinski definition) is 5. The highest BCUT2D eigenvalue weighted by Gasteiger charge is 2.12. The first kappa shape index (κ1) is 37.3. The van der Waals surface area contributed by atoms with Gasteiger partial charge in [0.1, 0.15) is 0 Å². The Labute approximate surface area is 256 Å². The molecule has 1 aromatic rings. The molecule has 1 aromatic carbocycles. The van der Waals surface area contributed by atoms with Crippen molar-refractivity contribution in [3.8, 4) is 0 Å². The Morgan fingerprint density at radius 3 is 1.59 bits per heavy atom. The van der Waals surface area contributed by atoms with Gasteiger partial charge < -0.3 is 9.47 Å². The van der Waals surface area contributed by atoms with E-state index >= 15 is 0 Å². The SMILES string of the molecule is CCCCCCCCCCCCOC(=O)Cc1ccc(SCC)c(NC(=O)OCCCCCCCCCCCC)c1. The highest BCUT2D eigenvalue weighted by molar-refractivity contribution is 7.99. The number of carbonyl (C=O) groups excluding carboxylic acids is 2. The quantitative estimate of drug-likeness (QED) is 0.0626. The number of hydrogen-bond donors (Lipinski definition) is 1. The third-order valence-electron chi connectivity index (χ3n) is 7.42. The van der Waals surface area contributed by atoms with Gasteiger partial charge in [0, 0.05) is 4.90 Å². The first-order valence-corrected chi connectivity index (χ1v) is 17.9. The smallest absolute Gasteiger partial charge is 0.411 e. The number of amides is 1. The van der Waals surface area contributed by atoms with E-state index in [2.05, 4.69) is 26.1 Å². The molecule has 1 rings (SSSR count). The summed E-state index contributed by atoms with van der Waals surface area (Å²) in [5, 5.41) is 2.90. The molecule has 1 amide bonds. The number of unbranched alkanes of at least 4 members (excludes halogenated alkanes) is 18. The van der Waals surface area contributed by atoms with Gasteiger partial charge in [-0.25, -0.2) is 4.79 Å². The van der Waals surface area contributed by atoms with E-state index in [0.717, 1.165) is 41.9 Å². The maximum atomic E-state index is 12.5. The van der Waals surface area contributed by atoms with Gasteiger partial charge in [0.25, 0.3) is 0 Å². The molecule has 0 aliphatic heterocycles. The van der Waals surface area contributed by atoms with Crippen LogP contribution >= 0.6 is 11.8 Å². The van der Waals surface area contributed by atoms with Crippen molar-refractivity contribution in [2.75, 3.05) is 24.3 Å². The summed E-state index contributed by atoms with van der Waals surface area (Å²) >= 11 is 1.66. The van der Waals surface area contributed by atoms with Gasteiger partial charge in [0.15, 0.2) is 0 Å². The zero-order valence-electron chi connectivity index (χ0n) is 26.7. The molecule has 0 atom stereocenters. The van der Waals surface area contributed by atoms with E-state index in [1.807, 2.05) is 18.2 Å². The van der Waals surface area contributed by atoms with Crippen LogP contribution in [0.1, 0.15) is 155 Å². The summed E-state index contributed by atoms with van der Waals surface area (Å²) in [4.78, 5) is 25.8. The van der Waals surface area contributed by atoms with Gasteiger partial charge in [-0.15, -0.1) is 11.8 Å². The number of esters is 1. The summed E-state index contributed by atoms with van der Waals surface area (Å²) in [5.74, 6) is 0.675. The molecule has 0 aliphatic carbocycles. The molecule has 0 heterocycles. The first-order valence-electron chi connectivity index (χ1n) is 17.0. The summed E-state index contributed by atoms with van der Waals surface area (Å²) in [6, 6.07) is 5.79. The molecule has 0 spiro atoms. The van der Waals surface area contributed by atoms with Crippen LogP contribution in [0.3, 0.4) is 0 Å². The Bertz CT molecular complexity index is 785. The molecule has 0 aliphatic rings. The van der Waals surface area contributed by atoms with E-state index in [4.69, 9.17) is 9.47 Å². The molecule has 0 saturated heterocycles. The van der Waals surface area contributed by atoms with Crippen LogP contribution < -0.4 is 5.32 Å². The van der Waals surface area contributed by atoms with Crippen LogP contribution in [0.4, 0.5) is 10.5 Å². The topological polar surface area (TPSA) is 64.6 Å². The van der Waals surface area contributed by atoms with Crippen LogP contribution in [0.2, 0.25) is 0 Å². The van der Waals surface area contributed by atoms with Gasteiger partial charge in [0.2, 0.25) is 0 Å². The lowest BCUT2D eigenvalue weighted by molar-refractivity contribution is -0.142. The van der Waals surface area contributed by atoms with Gasteiger partial charge in [0.05, 0.1) is 25.3 Å². The maximum Gasteiger partial charge on any atom is 0.411 e. The molecule has 6 heteroatoms. The van der Waals surface area contributed by atoms with Crippen LogP contribution in [0.15, 0.2) is 23.1 Å². The fraction of sp³-hybridized carbons (Fsp3) is 0.771. The molecular weight excluding hydrogens is 530 g/mol. The average Bonchev–Trinajstić information content (AvgIpc) is 2.96. The number of nitrogens with one attached hydrogen (secondary N) is 1. The van der Waals surface area contributed by atoms with E-state index in [9.17, 15) is 9.59 Å². The summed E-state index contributed by atoms with van der Waals surface area (Å²) in [6.45, 7) is 7.50. The summed E-state index contributed by atoms with van der Waals surface area (Å²) in [7, 11) is 0. The van der Waals surface area contributed by atoms with Crippen molar-refractivity contribution in [1.29, 1.82) is 0 Å². The van der Waals surface area contributed by atoms with Crippen LogP contribution in [0, 0.1) is 0 Å². The second kappa shape index (κ2) is 27.2. The lowest BCUT2D eigenvalue weighted by Gasteiger charge is -2.13. The number of thioether (sulfide) groups is 1. The van der Waals surface area contributed by atoms with E-state index in [1.54, 1.807) is 11.8 Å². The molecule has 0 fully saturated rings. The standard InChI is InChI=1S/C35H61NO4S/c1-4-7-9-11-13-15-17-19-21-23-27-39-34(37)30-31-25-26-33(41-6-3)32(29-31)36-35(38)40-28-24-22-20-18-16-14-12-10-8-5-2/h25-26,29H,4-24,27-28,30H2,1-3H3,(H,36,38). The van der Waals surface area contributed by atoms with Crippen LogP contribution in [0.25, 0.3) is 0 Å². The fourth-order valence-corrected chi connectivity index (χ4v) is 5.70. The molecular formula is C35H61NO4S. The highest BCUT2D eigenvalue weighted by Crippen LogP contribution is 2.29. The number of benzene rings is 1. The molecule has 236 valence electrons. The lowest BCUT2D eigenvalue weighted by Crippen LogP contribution is -2.15. The zero-order valence-corrected chi connectivity index (χ0v) is 27.6. The van der Waals surface area contributed by atoms with Gasteiger partial charge >= 0.3 is 12.1 Å². The second-order valence-corrected chi connectivity index (χ2v) is 12.6. The molecule has 41 heavy (non-hydrogen) atoms. The Morgan fingerprint density at radius 1 is 0.634 bits per heavy atom. The van der Waals surface area contributed by atoms with E-state index < -0.39 is 6.09 Å². The predicted molar refractivity (Wildman–Crippen MR) is 176 cm³/mol. The molecule has 0 unspecified atom stereocenters. The molecule has 5 nitrogen and oxygen atoms in total. The molecule has 0 saturated carbocycles. The summed E-state index contributed by atoms with van der Waals surface area (Å²) in [6.07, 6.45) is 24.8.